The Hall–Kier alpha value is -2.46. The van der Waals surface area contributed by atoms with Crippen molar-refractivity contribution < 1.29 is 12.8 Å². The van der Waals surface area contributed by atoms with Crippen molar-refractivity contribution in [2.45, 2.75) is 43.4 Å². The van der Waals surface area contributed by atoms with Crippen LogP contribution in [-0.2, 0) is 21.8 Å². The highest BCUT2D eigenvalue weighted by molar-refractivity contribution is 9.10. The van der Waals surface area contributed by atoms with Gasteiger partial charge in [0.25, 0.3) is 0 Å². The largest absolute Gasteiger partial charge is 0.386 e. The summed E-state index contributed by atoms with van der Waals surface area (Å²) in [6, 6.07) is 5.38. The van der Waals surface area contributed by atoms with Crippen LogP contribution in [0.3, 0.4) is 0 Å². The number of nitrogens with zero attached hydrogens (tertiary/aromatic N) is 4. The minimum absolute atomic E-state index is 0.0291. The molecule has 1 aliphatic carbocycles. The summed E-state index contributed by atoms with van der Waals surface area (Å²) in [6.07, 6.45) is 6.41. The highest BCUT2D eigenvalue weighted by atomic mass is 79.9. The summed E-state index contributed by atoms with van der Waals surface area (Å²) < 4.78 is 41.3. The van der Waals surface area contributed by atoms with Crippen molar-refractivity contribution in [3.63, 3.8) is 0 Å². The third-order valence-corrected chi connectivity index (χ3v) is 10.0. The molecule has 33 heavy (non-hydrogen) atoms. The Morgan fingerprint density at radius 1 is 1.18 bits per heavy atom. The lowest BCUT2D eigenvalue weighted by atomic mass is 9.92. The number of nitrogens with two attached hydrogens (primary N) is 1. The molecule has 1 saturated carbocycles. The summed E-state index contributed by atoms with van der Waals surface area (Å²) in [7, 11) is -3.66. The van der Waals surface area contributed by atoms with Gasteiger partial charge in [0, 0.05) is 39.9 Å². The van der Waals surface area contributed by atoms with Gasteiger partial charge in [-0.2, -0.15) is 0 Å². The van der Waals surface area contributed by atoms with Gasteiger partial charge in [-0.05, 0) is 66.7 Å². The van der Waals surface area contributed by atoms with Crippen molar-refractivity contribution in [3.8, 4) is 0 Å². The van der Waals surface area contributed by atoms with Crippen molar-refractivity contribution in [1.29, 1.82) is 0 Å². The van der Waals surface area contributed by atoms with E-state index >= 15 is 0 Å². The molecule has 3 aromatic heterocycles. The predicted molar refractivity (Wildman–Crippen MR) is 128 cm³/mol. The number of amidine groups is 1. The van der Waals surface area contributed by atoms with E-state index in [-0.39, 0.29) is 23.1 Å². The normalized spacial score (nSPS) is 26.8. The van der Waals surface area contributed by atoms with Gasteiger partial charge in [0.15, 0.2) is 9.84 Å². The molecular formula is C23H23BrFN5O2S. The van der Waals surface area contributed by atoms with E-state index in [2.05, 4.69) is 35.9 Å². The molecule has 1 aliphatic heterocycles. The molecule has 7 nitrogen and oxygen atoms in total. The second-order valence-corrected chi connectivity index (χ2v) is 12.5. The van der Waals surface area contributed by atoms with E-state index in [0.717, 1.165) is 34.4 Å². The van der Waals surface area contributed by atoms with Crippen LogP contribution in [0.4, 0.5) is 4.39 Å². The number of hydrogen-bond donors (Lipinski definition) is 1. The van der Waals surface area contributed by atoms with Crippen LogP contribution in [0.25, 0.3) is 10.9 Å². The summed E-state index contributed by atoms with van der Waals surface area (Å²) >= 11 is 3.42. The quantitative estimate of drug-likeness (QED) is 0.549. The van der Waals surface area contributed by atoms with E-state index in [9.17, 15) is 12.8 Å². The first-order valence-electron chi connectivity index (χ1n) is 10.7. The van der Waals surface area contributed by atoms with E-state index in [0.29, 0.717) is 17.8 Å². The summed E-state index contributed by atoms with van der Waals surface area (Å²) in [5.41, 5.74) is 7.02. The fourth-order valence-corrected chi connectivity index (χ4v) is 7.42. The Morgan fingerprint density at radius 2 is 1.94 bits per heavy atom. The number of pyridine rings is 3. The second kappa shape index (κ2) is 7.53. The maximum atomic E-state index is 15.0. The highest BCUT2D eigenvalue weighted by Gasteiger charge is 2.58. The van der Waals surface area contributed by atoms with Crippen LogP contribution in [0.15, 0.2) is 46.3 Å². The summed E-state index contributed by atoms with van der Waals surface area (Å²) in [6.45, 7) is 3.26. The SMILES string of the molecule is C[C@@]1(c2cc(Cc3nccc4cc(Br)cnc34)ncc2F)CS(=O)(=O)[C@@](C)(C2CC2)C(N)=N1. The van der Waals surface area contributed by atoms with Crippen molar-refractivity contribution in [3.05, 3.63) is 64.0 Å². The Bertz CT molecular complexity index is 1430. The van der Waals surface area contributed by atoms with E-state index in [4.69, 9.17) is 5.73 Å². The highest BCUT2D eigenvalue weighted by Crippen LogP contribution is 2.49. The van der Waals surface area contributed by atoms with Crippen molar-refractivity contribution in [2.75, 3.05) is 5.75 Å². The molecule has 0 unspecified atom stereocenters. The number of rotatable bonds is 4. The molecule has 0 radical (unpaired) electrons. The first-order valence-corrected chi connectivity index (χ1v) is 13.1. The average Bonchev–Trinajstić information content (AvgIpc) is 3.58. The number of aliphatic imine (C=N–C) groups is 1. The molecule has 172 valence electrons. The first kappa shape index (κ1) is 22.3. The number of halogens is 2. The molecule has 2 atom stereocenters. The summed E-state index contributed by atoms with van der Waals surface area (Å²) in [5.74, 6) is -0.896. The van der Waals surface area contributed by atoms with Gasteiger partial charge in [-0.3, -0.25) is 19.9 Å². The van der Waals surface area contributed by atoms with Gasteiger partial charge in [-0.15, -0.1) is 0 Å². The lowest BCUT2D eigenvalue weighted by Gasteiger charge is -2.40. The molecule has 0 saturated heterocycles. The number of hydrogen-bond acceptors (Lipinski definition) is 7. The number of aromatic nitrogens is 3. The zero-order valence-electron chi connectivity index (χ0n) is 18.2. The van der Waals surface area contributed by atoms with Gasteiger partial charge in [0.05, 0.1) is 23.2 Å². The first-order chi connectivity index (χ1) is 15.5. The molecule has 5 rings (SSSR count). The standard InChI is InChI=1S/C23H23BrFN5O2S/c1-22(12-33(31,32)23(2,14-3-4-14)21(26)30-22)17-8-16(28-11-18(17)25)9-19-20-13(5-6-27-19)7-15(24)10-29-20/h5-8,10-11,14H,3-4,9,12H2,1-2H3,(H2,26,30)/t22-,23-/m0/s1. The van der Waals surface area contributed by atoms with Crippen molar-refractivity contribution >= 4 is 42.5 Å². The minimum Gasteiger partial charge on any atom is -0.386 e. The molecule has 0 spiro atoms. The summed E-state index contributed by atoms with van der Waals surface area (Å²) in [4.78, 5) is 17.7. The lowest BCUT2D eigenvalue weighted by molar-refractivity contribution is 0.461. The molecule has 0 amide bonds. The fourth-order valence-electron chi connectivity index (χ4n) is 4.71. The van der Waals surface area contributed by atoms with Crippen LogP contribution in [-0.4, -0.2) is 39.7 Å². The zero-order chi connectivity index (χ0) is 23.6. The van der Waals surface area contributed by atoms with Crippen LogP contribution in [0.1, 0.15) is 43.6 Å². The van der Waals surface area contributed by atoms with Crippen LogP contribution in [0.2, 0.25) is 0 Å². The molecule has 0 aromatic carbocycles. The lowest BCUT2D eigenvalue weighted by Crippen LogP contribution is -2.58. The maximum absolute atomic E-state index is 15.0. The molecule has 3 aromatic rings. The molecule has 1 fully saturated rings. The third-order valence-electron chi connectivity index (χ3n) is 6.83. The van der Waals surface area contributed by atoms with Crippen LogP contribution < -0.4 is 5.73 Å². The van der Waals surface area contributed by atoms with Gasteiger partial charge in [0.2, 0.25) is 0 Å². The molecular weight excluding hydrogens is 509 g/mol. The zero-order valence-corrected chi connectivity index (χ0v) is 20.6. The molecule has 10 heteroatoms. The van der Waals surface area contributed by atoms with Gasteiger partial charge in [-0.25, -0.2) is 12.8 Å². The van der Waals surface area contributed by atoms with E-state index < -0.39 is 25.9 Å². The molecule has 0 bridgehead atoms. The smallest absolute Gasteiger partial charge is 0.165 e. The van der Waals surface area contributed by atoms with E-state index in [1.54, 1.807) is 32.3 Å². The van der Waals surface area contributed by atoms with Crippen LogP contribution in [0.5, 0.6) is 0 Å². The maximum Gasteiger partial charge on any atom is 0.165 e. The van der Waals surface area contributed by atoms with Crippen LogP contribution >= 0.6 is 15.9 Å². The van der Waals surface area contributed by atoms with Crippen molar-refractivity contribution in [2.24, 2.45) is 16.6 Å². The Kier molecular flexibility index (Phi) is 5.09. The van der Waals surface area contributed by atoms with Crippen molar-refractivity contribution in [1.82, 2.24) is 15.0 Å². The van der Waals surface area contributed by atoms with Gasteiger partial charge in [0.1, 0.15) is 21.9 Å². The minimum atomic E-state index is -3.66. The topological polar surface area (TPSA) is 111 Å². The van der Waals surface area contributed by atoms with Gasteiger partial charge in [-0.1, -0.05) is 0 Å². The number of fused-ring (bicyclic) bond motifs is 1. The Morgan fingerprint density at radius 3 is 2.64 bits per heavy atom. The molecule has 4 heterocycles. The monoisotopic (exact) mass is 531 g/mol. The average molecular weight is 532 g/mol. The second-order valence-electron chi connectivity index (χ2n) is 9.23. The third kappa shape index (κ3) is 3.63. The van der Waals surface area contributed by atoms with E-state index in [1.165, 1.54) is 0 Å². The summed E-state index contributed by atoms with van der Waals surface area (Å²) in [5, 5.41) is 0.916. The van der Waals surface area contributed by atoms with E-state index in [1.807, 2.05) is 12.1 Å². The molecule has 2 N–H and O–H groups in total. The Balaban J connectivity index is 1.56. The fraction of sp³-hybridized carbons (Fsp3) is 0.391. The molecule has 2 aliphatic rings. The van der Waals surface area contributed by atoms with Crippen LogP contribution in [0, 0.1) is 11.7 Å². The predicted octanol–water partition coefficient (Wildman–Crippen LogP) is 3.69. The van der Waals surface area contributed by atoms with Gasteiger partial charge < -0.3 is 5.73 Å². The van der Waals surface area contributed by atoms with Gasteiger partial charge >= 0.3 is 0 Å². The number of sulfone groups is 1. The Labute approximate surface area is 199 Å².